The number of carbonyl (C=O) groups is 2. The minimum Gasteiger partial charge on any atom is -0.466 e. The van der Waals surface area contributed by atoms with Crippen LogP contribution in [-0.4, -0.2) is 19.1 Å². The average molecular weight is 208 g/mol. The minimum atomic E-state index is -1.53. The molecule has 0 unspecified atom stereocenters. The maximum Gasteiger partial charge on any atom is 0.332 e. The normalized spacial score (nSPS) is 10.3. The third kappa shape index (κ3) is 3.02. The number of esters is 1. The van der Waals surface area contributed by atoms with E-state index in [1.165, 1.54) is 25.3 Å². The van der Waals surface area contributed by atoms with Crippen LogP contribution in [0.3, 0.4) is 0 Å². The van der Waals surface area contributed by atoms with Crippen LogP contribution in [0, 0.1) is 0 Å². The molecule has 0 radical (unpaired) electrons. The Morgan fingerprint density at radius 3 is 2.60 bits per heavy atom. The molecule has 1 aromatic carbocycles. The highest BCUT2D eigenvalue weighted by Gasteiger charge is 2.07. The number of carbonyl (C=O) groups excluding carboxylic acids is 2. The van der Waals surface area contributed by atoms with Gasteiger partial charge in [-0.1, -0.05) is 18.2 Å². The molecule has 15 heavy (non-hydrogen) atoms. The fourth-order valence-electron chi connectivity index (χ4n) is 1.05. The van der Waals surface area contributed by atoms with Crippen molar-refractivity contribution >= 4 is 18.1 Å². The van der Waals surface area contributed by atoms with Crippen LogP contribution >= 0.6 is 0 Å². The Labute approximate surface area is 86.2 Å². The van der Waals surface area contributed by atoms with Crippen molar-refractivity contribution < 1.29 is 18.7 Å². The fraction of sp³-hybridized carbons (Fsp3) is 0.0909. The number of benzene rings is 1. The molecule has 0 atom stereocenters. The molecule has 4 heteroatoms. The highest BCUT2D eigenvalue weighted by atomic mass is 19.1. The Morgan fingerprint density at radius 1 is 1.33 bits per heavy atom. The van der Waals surface area contributed by atoms with Crippen molar-refractivity contribution in [1.82, 2.24) is 0 Å². The first-order chi connectivity index (χ1) is 7.15. The van der Waals surface area contributed by atoms with Crippen LogP contribution < -0.4 is 0 Å². The Morgan fingerprint density at radius 2 is 2.00 bits per heavy atom. The summed E-state index contributed by atoms with van der Waals surface area (Å²) in [6.07, 6.45) is 2.46. The Hall–Kier alpha value is -1.97. The van der Waals surface area contributed by atoms with Crippen LogP contribution in [-0.2, 0) is 9.53 Å². The van der Waals surface area contributed by atoms with Crippen molar-refractivity contribution in [3.05, 3.63) is 41.5 Å². The zero-order valence-electron chi connectivity index (χ0n) is 8.07. The molecule has 0 bridgehead atoms. The molecule has 0 aliphatic carbocycles. The molecule has 78 valence electrons. The summed E-state index contributed by atoms with van der Waals surface area (Å²) < 4.78 is 16.9. The summed E-state index contributed by atoms with van der Waals surface area (Å²) in [6.45, 7) is 0. The Kier molecular flexibility index (Phi) is 3.74. The largest absolute Gasteiger partial charge is 0.466 e. The first kappa shape index (κ1) is 11.1. The lowest BCUT2D eigenvalue weighted by Gasteiger charge is -1.98. The van der Waals surface area contributed by atoms with Gasteiger partial charge in [0.25, 0.3) is 0 Å². The highest BCUT2D eigenvalue weighted by molar-refractivity contribution is 5.95. The highest BCUT2D eigenvalue weighted by Crippen LogP contribution is 2.12. The molecule has 0 fully saturated rings. The van der Waals surface area contributed by atoms with Gasteiger partial charge in [-0.25, -0.2) is 4.79 Å². The van der Waals surface area contributed by atoms with Crippen molar-refractivity contribution in [3.63, 3.8) is 0 Å². The summed E-state index contributed by atoms with van der Waals surface area (Å²) in [5.41, 5.74) is 0.271. The molecule has 1 aromatic rings. The maximum absolute atomic E-state index is 12.5. The molecule has 1 rings (SSSR count). The summed E-state index contributed by atoms with van der Waals surface area (Å²) in [6, 6.07) is 4.54. The fourth-order valence-corrected chi connectivity index (χ4v) is 1.05. The molecule has 0 saturated carbocycles. The second-order valence-corrected chi connectivity index (χ2v) is 2.72. The molecule has 3 nitrogen and oxygen atoms in total. The van der Waals surface area contributed by atoms with E-state index in [2.05, 4.69) is 4.74 Å². The van der Waals surface area contributed by atoms with Gasteiger partial charge in [-0.05, 0) is 17.7 Å². The van der Waals surface area contributed by atoms with Gasteiger partial charge in [0.2, 0.25) is 0 Å². The predicted molar refractivity (Wildman–Crippen MR) is 52.9 cm³/mol. The van der Waals surface area contributed by atoms with Gasteiger partial charge in [0.1, 0.15) is 0 Å². The van der Waals surface area contributed by atoms with Gasteiger partial charge in [-0.2, -0.15) is 4.39 Å². The van der Waals surface area contributed by atoms with Gasteiger partial charge >= 0.3 is 12.0 Å². The maximum atomic E-state index is 12.5. The molecular weight excluding hydrogens is 199 g/mol. The van der Waals surface area contributed by atoms with Crippen LogP contribution in [0.25, 0.3) is 6.08 Å². The van der Waals surface area contributed by atoms with Crippen LogP contribution in [0.4, 0.5) is 4.39 Å². The number of hydrogen-bond donors (Lipinski definition) is 0. The molecule has 0 aliphatic rings. The van der Waals surface area contributed by atoms with Crippen molar-refractivity contribution in [2.45, 2.75) is 0 Å². The smallest absolute Gasteiger partial charge is 0.332 e. The van der Waals surface area contributed by atoms with Crippen molar-refractivity contribution in [1.29, 1.82) is 0 Å². The summed E-state index contributed by atoms with van der Waals surface area (Å²) in [5, 5.41) is 0. The number of ether oxygens (including phenoxy) is 1. The van der Waals surface area contributed by atoms with Crippen LogP contribution in [0.15, 0.2) is 30.3 Å². The topological polar surface area (TPSA) is 43.4 Å². The quantitative estimate of drug-likeness (QED) is 0.433. The van der Waals surface area contributed by atoms with E-state index in [1.54, 1.807) is 12.1 Å². The van der Waals surface area contributed by atoms with E-state index in [-0.39, 0.29) is 5.56 Å². The summed E-state index contributed by atoms with van der Waals surface area (Å²) in [5.74, 6) is -0.559. The lowest BCUT2D eigenvalue weighted by molar-refractivity contribution is -0.134. The molecule has 0 aliphatic heterocycles. The van der Waals surface area contributed by atoms with E-state index in [9.17, 15) is 14.0 Å². The first-order valence-electron chi connectivity index (χ1n) is 4.20. The molecular formula is C11H9FO3. The van der Waals surface area contributed by atoms with Crippen molar-refractivity contribution in [2.24, 2.45) is 0 Å². The summed E-state index contributed by atoms with van der Waals surface area (Å²) in [4.78, 5) is 21.3. The van der Waals surface area contributed by atoms with Gasteiger partial charge in [-0.3, -0.25) is 4.79 Å². The van der Waals surface area contributed by atoms with Gasteiger partial charge < -0.3 is 4.74 Å². The molecule has 0 saturated heterocycles. The van der Waals surface area contributed by atoms with E-state index in [1.807, 2.05) is 0 Å². The molecule has 0 spiro atoms. The molecule has 0 N–H and O–H groups in total. The summed E-state index contributed by atoms with van der Waals surface area (Å²) in [7, 11) is 1.24. The second kappa shape index (κ2) is 5.05. The lowest BCUT2D eigenvalue weighted by atomic mass is 10.1. The van der Waals surface area contributed by atoms with Gasteiger partial charge in [0.15, 0.2) is 0 Å². The monoisotopic (exact) mass is 208 g/mol. The van der Waals surface area contributed by atoms with Crippen LogP contribution in [0.2, 0.25) is 0 Å². The Balaban J connectivity index is 2.99. The van der Waals surface area contributed by atoms with Crippen molar-refractivity contribution in [3.8, 4) is 0 Å². The van der Waals surface area contributed by atoms with Gasteiger partial charge in [0.05, 0.1) is 12.7 Å². The van der Waals surface area contributed by atoms with E-state index in [4.69, 9.17) is 0 Å². The Bertz CT molecular complexity index is 410. The zero-order chi connectivity index (χ0) is 11.3. The SMILES string of the molecule is COC(=O)/C=C/c1ccccc1C(=O)F. The number of halogens is 1. The van der Waals surface area contributed by atoms with Crippen molar-refractivity contribution in [2.75, 3.05) is 7.11 Å². The second-order valence-electron chi connectivity index (χ2n) is 2.72. The van der Waals surface area contributed by atoms with E-state index >= 15 is 0 Å². The van der Waals surface area contributed by atoms with Gasteiger partial charge in [-0.15, -0.1) is 0 Å². The average Bonchev–Trinajstić information content (AvgIpc) is 2.26. The van der Waals surface area contributed by atoms with E-state index in [0.717, 1.165) is 6.08 Å². The first-order valence-corrected chi connectivity index (χ1v) is 4.20. The lowest BCUT2D eigenvalue weighted by Crippen LogP contribution is -1.96. The standard InChI is InChI=1S/C11H9FO3/c1-15-10(13)7-6-8-4-2-3-5-9(8)11(12)14/h2-7H,1H3/b7-6+. The van der Waals surface area contributed by atoms with Crippen LogP contribution in [0.5, 0.6) is 0 Å². The third-order valence-electron chi connectivity index (χ3n) is 1.77. The minimum absolute atomic E-state index is 0.0716. The molecule has 0 heterocycles. The summed E-state index contributed by atoms with van der Waals surface area (Å²) >= 11 is 0. The van der Waals surface area contributed by atoms with E-state index in [0.29, 0.717) is 5.56 Å². The molecule has 0 amide bonds. The predicted octanol–water partition coefficient (Wildman–Crippen LogP) is 1.98. The number of rotatable bonds is 3. The molecule has 0 aromatic heterocycles. The number of methoxy groups -OCH3 is 1. The third-order valence-corrected chi connectivity index (χ3v) is 1.77. The zero-order valence-corrected chi connectivity index (χ0v) is 8.07. The van der Waals surface area contributed by atoms with E-state index < -0.39 is 12.0 Å². The van der Waals surface area contributed by atoms with Crippen LogP contribution in [0.1, 0.15) is 15.9 Å². The number of hydrogen-bond acceptors (Lipinski definition) is 3. The van der Waals surface area contributed by atoms with Gasteiger partial charge in [0, 0.05) is 6.08 Å².